The van der Waals surface area contributed by atoms with Crippen molar-refractivity contribution in [2.24, 2.45) is 11.3 Å². The predicted molar refractivity (Wildman–Crippen MR) is 104 cm³/mol. The number of hydrogen-bond donors (Lipinski definition) is 1. The normalized spacial score (nSPS) is 32.3. The van der Waals surface area contributed by atoms with Crippen LogP contribution in [0, 0.1) is 11.3 Å². The van der Waals surface area contributed by atoms with Crippen LogP contribution in [0.3, 0.4) is 0 Å². The number of ether oxygens (including phenoxy) is 2. The van der Waals surface area contributed by atoms with Gasteiger partial charge in [0.1, 0.15) is 0 Å². The number of carboxylic acids is 1. The number of rotatable bonds is 6. The van der Waals surface area contributed by atoms with E-state index in [0.29, 0.717) is 36.5 Å². The first-order valence-electron chi connectivity index (χ1n) is 9.58. The highest BCUT2D eigenvalue weighted by molar-refractivity contribution is 5.92. The SMILES string of the molecule is C=C1CC[C@H](C)[C@@](C)(CCC2=CC(OCC)OC2=O)C/C=C\C=C/1C(=O)O. The van der Waals surface area contributed by atoms with Crippen LogP contribution in [0.1, 0.15) is 52.9 Å². The lowest BCUT2D eigenvalue weighted by molar-refractivity contribution is -0.158. The molecule has 2 aliphatic rings. The molecule has 0 spiro atoms. The van der Waals surface area contributed by atoms with E-state index in [1.54, 1.807) is 18.2 Å². The van der Waals surface area contributed by atoms with Gasteiger partial charge in [-0.15, -0.1) is 0 Å². The minimum atomic E-state index is -0.934. The molecule has 0 aromatic heterocycles. The smallest absolute Gasteiger partial charge is 0.336 e. The molecule has 0 saturated heterocycles. The number of hydrogen-bond acceptors (Lipinski definition) is 4. The molecule has 27 heavy (non-hydrogen) atoms. The molecule has 2 rings (SSSR count). The Hall–Kier alpha value is -2.14. The van der Waals surface area contributed by atoms with E-state index in [-0.39, 0.29) is 17.0 Å². The molecular formula is C22H30O5. The van der Waals surface area contributed by atoms with Crippen molar-refractivity contribution in [3.63, 3.8) is 0 Å². The Morgan fingerprint density at radius 1 is 1.48 bits per heavy atom. The Bertz CT molecular complexity index is 685. The van der Waals surface area contributed by atoms with Crippen LogP contribution in [-0.4, -0.2) is 29.9 Å². The summed E-state index contributed by atoms with van der Waals surface area (Å²) in [4.78, 5) is 23.4. The molecule has 5 nitrogen and oxygen atoms in total. The van der Waals surface area contributed by atoms with E-state index >= 15 is 0 Å². The summed E-state index contributed by atoms with van der Waals surface area (Å²) >= 11 is 0. The topological polar surface area (TPSA) is 72.8 Å². The van der Waals surface area contributed by atoms with E-state index in [2.05, 4.69) is 20.4 Å². The fourth-order valence-electron chi connectivity index (χ4n) is 3.56. The molecule has 0 saturated carbocycles. The summed E-state index contributed by atoms with van der Waals surface area (Å²) in [6.07, 6.45) is 10.5. The molecule has 1 N–H and O–H groups in total. The highest BCUT2D eigenvalue weighted by Crippen LogP contribution is 2.41. The van der Waals surface area contributed by atoms with Crippen molar-refractivity contribution in [2.75, 3.05) is 6.61 Å². The average Bonchev–Trinajstić information content (AvgIpc) is 2.96. The predicted octanol–water partition coefficient (Wildman–Crippen LogP) is 4.56. The molecule has 5 heteroatoms. The highest BCUT2D eigenvalue weighted by atomic mass is 16.7. The Morgan fingerprint density at radius 2 is 2.22 bits per heavy atom. The molecule has 1 aliphatic heterocycles. The third-order valence-corrected chi connectivity index (χ3v) is 5.78. The van der Waals surface area contributed by atoms with Gasteiger partial charge in [-0.25, -0.2) is 9.59 Å². The van der Waals surface area contributed by atoms with Crippen molar-refractivity contribution in [1.29, 1.82) is 0 Å². The summed E-state index contributed by atoms with van der Waals surface area (Å²) in [5.74, 6) is -0.869. The van der Waals surface area contributed by atoms with E-state index in [9.17, 15) is 14.7 Å². The minimum Gasteiger partial charge on any atom is -0.478 e. The second-order valence-corrected chi connectivity index (χ2v) is 7.64. The monoisotopic (exact) mass is 374 g/mol. The fourth-order valence-corrected chi connectivity index (χ4v) is 3.56. The largest absolute Gasteiger partial charge is 0.478 e. The Kier molecular flexibility index (Phi) is 7.19. The number of carbonyl (C=O) groups excluding carboxylic acids is 1. The van der Waals surface area contributed by atoms with E-state index in [1.165, 1.54) is 0 Å². The molecule has 1 unspecified atom stereocenters. The average molecular weight is 374 g/mol. The van der Waals surface area contributed by atoms with Crippen molar-refractivity contribution in [1.82, 2.24) is 0 Å². The summed E-state index contributed by atoms with van der Waals surface area (Å²) < 4.78 is 10.6. The van der Waals surface area contributed by atoms with Crippen LogP contribution in [0.4, 0.5) is 0 Å². The van der Waals surface area contributed by atoms with Gasteiger partial charge < -0.3 is 14.6 Å². The summed E-state index contributed by atoms with van der Waals surface area (Å²) in [6.45, 7) is 10.7. The van der Waals surface area contributed by atoms with Crippen LogP contribution in [0.5, 0.6) is 0 Å². The molecule has 0 aromatic rings. The number of cyclic esters (lactones) is 1. The van der Waals surface area contributed by atoms with Gasteiger partial charge >= 0.3 is 11.9 Å². The van der Waals surface area contributed by atoms with Crippen LogP contribution >= 0.6 is 0 Å². The van der Waals surface area contributed by atoms with Crippen LogP contribution < -0.4 is 0 Å². The maximum absolute atomic E-state index is 12.0. The third-order valence-electron chi connectivity index (χ3n) is 5.78. The van der Waals surface area contributed by atoms with Gasteiger partial charge in [0.15, 0.2) is 0 Å². The zero-order chi connectivity index (χ0) is 20.0. The number of allylic oxidation sites excluding steroid dienone is 3. The summed E-state index contributed by atoms with van der Waals surface area (Å²) in [5.41, 5.74) is 1.61. The molecule has 148 valence electrons. The molecule has 0 amide bonds. The third kappa shape index (κ3) is 5.42. The lowest BCUT2D eigenvalue weighted by Gasteiger charge is -2.36. The Labute approximate surface area is 161 Å². The van der Waals surface area contributed by atoms with Crippen molar-refractivity contribution < 1.29 is 24.2 Å². The summed E-state index contributed by atoms with van der Waals surface area (Å²) in [5, 5.41) is 9.32. The standard InChI is InChI=1S/C22H30O5/c1-5-26-19-14-17(21(25)27-19)11-13-22(4)12-7-6-8-18(20(23)24)15(2)9-10-16(22)3/h6-8,14,16,19H,2,5,9-13H2,1,3-4H3,(H,23,24)/b7-6-,18-8+/t16-,19?,22+/m0/s1. The number of carboxylic acid groups (broad SMARTS) is 1. The molecule has 1 heterocycles. The molecule has 0 fully saturated rings. The van der Waals surface area contributed by atoms with Crippen LogP contribution in [0.25, 0.3) is 0 Å². The van der Waals surface area contributed by atoms with E-state index in [1.807, 2.05) is 13.0 Å². The Balaban J connectivity index is 2.10. The molecule has 3 atom stereocenters. The van der Waals surface area contributed by atoms with Gasteiger partial charge in [-0.2, -0.15) is 0 Å². The number of aliphatic carboxylic acids is 1. The molecule has 0 bridgehead atoms. The molecule has 0 radical (unpaired) electrons. The zero-order valence-corrected chi connectivity index (χ0v) is 16.5. The van der Waals surface area contributed by atoms with Gasteiger partial charge in [-0.1, -0.05) is 32.6 Å². The second-order valence-electron chi connectivity index (χ2n) is 7.64. The van der Waals surface area contributed by atoms with Gasteiger partial charge in [0, 0.05) is 12.2 Å². The van der Waals surface area contributed by atoms with Crippen molar-refractivity contribution in [3.8, 4) is 0 Å². The minimum absolute atomic E-state index is 0.00380. The Morgan fingerprint density at radius 3 is 2.89 bits per heavy atom. The van der Waals surface area contributed by atoms with E-state index in [0.717, 1.165) is 19.3 Å². The van der Waals surface area contributed by atoms with Gasteiger partial charge in [0.2, 0.25) is 6.29 Å². The van der Waals surface area contributed by atoms with E-state index < -0.39 is 12.3 Å². The van der Waals surface area contributed by atoms with Crippen molar-refractivity contribution >= 4 is 11.9 Å². The van der Waals surface area contributed by atoms with Gasteiger partial charge in [0.25, 0.3) is 0 Å². The van der Waals surface area contributed by atoms with Crippen molar-refractivity contribution in [3.05, 3.63) is 47.6 Å². The lowest BCUT2D eigenvalue weighted by Crippen LogP contribution is -2.26. The number of esters is 1. The molecule has 0 aromatic carbocycles. The first-order chi connectivity index (χ1) is 12.8. The molecular weight excluding hydrogens is 344 g/mol. The highest BCUT2D eigenvalue weighted by Gasteiger charge is 2.33. The first kappa shape index (κ1) is 21.2. The molecule has 1 aliphatic carbocycles. The van der Waals surface area contributed by atoms with Gasteiger partial charge in [-0.05, 0) is 68.1 Å². The van der Waals surface area contributed by atoms with E-state index in [4.69, 9.17) is 9.47 Å². The fraction of sp³-hybridized carbons (Fsp3) is 0.545. The number of carbonyl (C=O) groups is 2. The first-order valence-corrected chi connectivity index (χ1v) is 9.58. The maximum Gasteiger partial charge on any atom is 0.336 e. The van der Waals surface area contributed by atoms with Crippen LogP contribution in [0.2, 0.25) is 0 Å². The second kappa shape index (κ2) is 9.18. The maximum atomic E-state index is 12.0. The van der Waals surface area contributed by atoms with Gasteiger partial charge in [0.05, 0.1) is 5.57 Å². The zero-order valence-electron chi connectivity index (χ0n) is 16.5. The van der Waals surface area contributed by atoms with Gasteiger partial charge in [-0.3, -0.25) is 0 Å². The van der Waals surface area contributed by atoms with Crippen LogP contribution in [-0.2, 0) is 19.1 Å². The summed E-state index contributed by atoms with van der Waals surface area (Å²) in [7, 11) is 0. The lowest BCUT2D eigenvalue weighted by atomic mass is 9.69. The summed E-state index contributed by atoms with van der Waals surface area (Å²) in [6, 6.07) is 0. The van der Waals surface area contributed by atoms with Crippen molar-refractivity contribution in [2.45, 2.75) is 59.2 Å². The van der Waals surface area contributed by atoms with Crippen LogP contribution in [0.15, 0.2) is 47.6 Å². The quantitative estimate of drug-likeness (QED) is 0.690.